The van der Waals surface area contributed by atoms with Crippen molar-refractivity contribution >= 4 is 52.2 Å². The molecule has 316 valence electrons. The molecule has 2 amide bonds. The number of amides is 2. The van der Waals surface area contributed by atoms with Crippen molar-refractivity contribution in [2.45, 2.75) is 38.1 Å². The van der Waals surface area contributed by atoms with Gasteiger partial charge in [0.15, 0.2) is 28.8 Å². The van der Waals surface area contributed by atoms with E-state index in [2.05, 4.69) is 11.4 Å². The number of ketones is 1. The number of nitrogens with zero attached hydrogens (tertiary/aromatic N) is 4. The SMILES string of the molecule is COc1cc2c(cc1OCc1cc(COc3cc4c(cc3OC)C(=O)N3c5ccccc5C[C@H]3CN4)cc(N(C)CC(=O)c3ccccc3)c1)N=C[C@@H]1Cc3ccccc3N1C2=O. The second kappa shape index (κ2) is 16.4. The number of hydrogen-bond acceptors (Lipinski definition) is 10. The van der Waals surface area contributed by atoms with Gasteiger partial charge < -0.3 is 34.1 Å². The van der Waals surface area contributed by atoms with Gasteiger partial charge in [-0.1, -0.05) is 66.7 Å². The maximum absolute atomic E-state index is 14.0. The summed E-state index contributed by atoms with van der Waals surface area (Å²) >= 11 is 0. The predicted molar refractivity (Wildman–Crippen MR) is 243 cm³/mol. The van der Waals surface area contributed by atoms with E-state index >= 15 is 0 Å². The van der Waals surface area contributed by atoms with E-state index in [1.165, 1.54) is 0 Å². The number of benzene rings is 6. The van der Waals surface area contributed by atoms with Crippen LogP contribution in [0.25, 0.3) is 0 Å². The van der Waals surface area contributed by atoms with Crippen molar-refractivity contribution in [1.29, 1.82) is 0 Å². The van der Waals surface area contributed by atoms with E-state index in [1.807, 2.05) is 120 Å². The molecule has 0 spiro atoms. The maximum Gasteiger partial charge on any atom is 0.261 e. The fourth-order valence-corrected chi connectivity index (χ4v) is 9.08. The van der Waals surface area contributed by atoms with Gasteiger partial charge in [0.25, 0.3) is 11.8 Å². The molecule has 0 aromatic heterocycles. The zero-order chi connectivity index (χ0) is 43.2. The predicted octanol–water partition coefficient (Wildman–Crippen LogP) is 8.47. The molecule has 10 rings (SSSR count). The van der Waals surface area contributed by atoms with Crippen molar-refractivity contribution in [1.82, 2.24) is 0 Å². The molecular formula is C51H45N5O7. The molecule has 0 unspecified atom stereocenters. The van der Waals surface area contributed by atoms with E-state index in [0.717, 1.165) is 45.7 Å². The van der Waals surface area contributed by atoms with Crippen LogP contribution in [0.15, 0.2) is 126 Å². The third kappa shape index (κ3) is 7.37. The summed E-state index contributed by atoms with van der Waals surface area (Å²) in [7, 11) is 4.99. The first-order valence-electron chi connectivity index (χ1n) is 21.0. The van der Waals surface area contributed by atoms with Crippen molar-refractivity contribution in [3.05, 3.63) is 160 Å². The highest BCUT2D eigenvalue weighted by Crippen LogP contribution is 2.43. The highest BCUT2D eigenvalue weighted by molar-refractivity contribution is 6.15. The molecule has 6 aromatic carbocycles. The molecule has 63 heavy (non-hydrogen) atoms. The largest absolute Gasteiger partial charge is 0.493 e. The van der Waals surface area contributed by atoms with Gasteiger partial charge in [0.2, 0.25) is 0 Å². The zero-order valence-electron chi connectivity index (χ0n) is 35.2. The van der Waals surface area contributed by atoms with Crippen LogP contribution in [0.5, 0.6) is 23.0 Å². The number of fused-ring (bicyclic) bond motifs is 8. The van der Waals surface area contributed by atoms with Gasteiger partial charge in [-0.15, -0.1) is 0 Å². The van der Waals surface area contributed by atoms with Crippen LogP contribution < -0.4 is 39.0 Å². The normalized spacial score (nSPS) is 16.6. The van der Waals surface area contributed by atoms with Crippen LogP contribution in [-0.2, 0) is 26.1 Å². The maximum atomic E-state index is 14.0. The van der Waals surface area contributed by atoms with Crippen molar-refractivity contribution < 1.29 is 33.3 Å². The summed E-state index contributed by atoms with van der Waals surface area (Å²) < 4.78 is 24.6. The van der Waals surface area contributed by atoms with Crippen molar-refractivity contribution in [3.8, 4) is 23.0 Å². The Bertz CT molecular complexity index is 2830. The zero-order valence-corrected chi connectivity index (χ0v) is 35.2. The molecule has 2 atom stereocenters. The van der Waals surface area contributed by atoms with E-state index in [0.29, 0.717) is 64.0 Å². The van der Waals surface area contributed by atoms with Crippen LogP contribution in [0.4, 0.5) is 28.4 Å². The number of nitrogens with one attached hydrogen (secondary N) is 1. The summed E-state index contributed by atoms with van der Waals surface area (Å²) in [6.45, 7) is 1.00. The quantitative estimate of drug-likeness (QED) is 0.121. The molecule has 0 bridgehead atoms. The van der Waals surface area contributed by atoms with Gasteiger partial charge >= 0.3 is 0 Å². The Morgan fingerprint density at radius 1 is 0.698 bits per heavy atom. The smallest absolute Gasteiger partial charge is 0.261 e. The summed E-state index contributed by atoms with van der Waals surface area (Å²) in [5.41, 5.74) is 9.24. The van der Waals surface area contributed by atoms with Crippen molar-refractivity contribution in [2.75, 3.05) is 54.4 Å². The lowest BCUT2D eigenvalue weighted by Crippen LogP contribution is -2.39. The number of hydrogen-bond donors (Lipinski definition) is 1. The Labute approximate surface area is 365 Å². The highest BCUT2D eigenvalue weighted by atomic mass is 16.5. The first kappa shape index (κ1) is 39.5. The van der Waals surface area contributed by atoms with Gasteiger partial charge in [-0.25, -0.2) is 0 Å². The third-order valence-corrected chi connectivity index (χ3v) is 12.2. The van der Waals surface area contributed by atoms with Gasteiger partial charge in [-0.2, -0.15) is 0 Å². The molecule has 12 nitrogen and oxygen atoms in total. The van der Waals surface area contributed by atoms with Crippen molar-refractivity contribution in [3.63, 3.8) is 0 Å². The number of aliphatic imine (C=N–C) groups is 1. The Morgan fingerprint density at radius 2 is 1.30 bits per heavy atom. The van der Waals surface area contributed by atoms with Crippen LogP contribution >= 0.6 is 0 Å². The van der Waals surface area contributed by atoms with Crippen LogP contribution in [0, 0.1) is 0 Å². The van der Waals surface area contributed by atoms with E-state index in [4.69, 9.17) is 23.9 Å². The summed E-state index contributed by atoms with van der Waals surface area (Å²) in [5.74, 6) is 1.49. The minimum Gasteiger partial charge on any atom is -0.493 e. The molecule has 1 N–H and O–H groups in total. The van der Waals surface area contributed by atoms with E-state index < -0.39 is 0 Å². The molecule has 0 radical (unpaired) electrons. The van der Waals surface area contributed by atoms with E-state index in [9.17, 15) is 14.4 Å². The standard InChI is InChI=1S/C51H45N5O7/c1-54(28-45(57)33-11-5-4-6-12-33)36-18-31(29-62-48-24-41-39(22-46(48)60-2)50(58)55-37(26-52-41)20-34-13-7-9-15-43(34)55)17-32(19-36)30-63-49-25-42-40(23-47(49)61-3)51(59)56-38(27-53-42)21-35-14-8-10-16-44(35)56/h4-19,22-26,37-38,53H,20-21,27-30H2,1-3H3/t37-,38-/m0/s1. The van der Waals surface area contributed by atoms with Crippen LogP contribution in [0.3, 0.4) is 0 Å². The van der Waals surface area contributed by atoms with Crippen molar-refractivity contribution in [2.24, 2.45) is 4.99 Å². The number of likely N-dealkylation sites (N-methyl/N-ethyl adjacent to an activating group) is 1. The fraction of sp³-hybridized carbons (Fsp3) is 0.216. The number of rotatable bonds is 12. The monoisotopic (exact) mass is 839 g/mol. The molecule has 4 aliphatic heterocycles. The molecule has 4 heterocycles. The number of carbonyl (C=O) groups is 3. The number of carbonyl (C=O) groups excluding carboxylic acids is 3. The summed E-state index contributed by atoms with van der Waals surface area (Å²) in [6.07, 6.45) is 3.30. The van der Waals surface area contributed by atoms with E-state index in [1.54, 1.807) is 37.3 Å². The number of ether oxygens (including phenoxy) is 4. The molecular weight excluding hydrogens is 795 g/mol. The van der Waals surface area contributed by atoms with Gasteiger partial charge in [-0.3, -0.25) is 24.3 Å². The molecule has 0 fully saturated rings. The number of Topliss-reactive ketones (excluding diaryl/α,β-unsaturated/α-hetero) is 1. The summed E-state index contributed by atoms with van der Waals surface area (Å²) in [5, 5.41) is 3.50. The van der Waals surface area contributed by atoms with Gasteiger partial charge in [0.05, 0.1) is 55.3 Å². The second-order valence-electron chi connectivity index (χ2n) is 16.2. The Morgan fingerprint density at radius 3 is 2.00 bits per heavy atom. The Balaban J connectivity index is 0.925. The highest BCUT2D eigenvalue weighted by Gasteiger charge is 2.38. The first-order valence-corrected chi connectivity index (χ1v) is 21.0. The minimum absolute atomic E-state index is 0.0105. The van der Waals surface area contributed by atoms with Gasteiger partial charge in [-0.05, 0) is 71.1 Å². The second-order valence-corrected chi connectivity index (χ2v) is 16.2. The summed E-state index contributed by atoms with van der Waals surface area (Å²) in [6, 6.07) is 38.0. The molecule has 0 saturated carbocycles. The average molecular weight is 840 g/mol. The molecule has 0 saturated heterocycles. The summed E-state index contributed by atoms with van der Waals surface area (Å²) in [4.78, 5) is 51.8. The van der Waals surface area contributed by atoms with Crippen LogP contribution in [0.2, 0.25) is 0 Å². The molecule has 12 heteroatoms. The number of para-hydroxylation sites is 2. The number of anilines is 4. The van der Waals surface area contributed by atoms with E-state index in [-0.39, 0.29) is 49.4 Å². The number of methoxy groups -OCH3 is 2. The lowest BCUT2D eigenvalue weighted by atomic mass is 10.1. The third-order valence-electron chi connectivity index (χ3n) is 12.2. The first-order chi connectivity index (χ1) is 30.8. The fourth-order valence-electron chi connectivity index (χ4n) is 9.08. The lowest BCUT2D eigenvalue weighted by Gasteiger charge is -2.23. The van der Waals surface area contributed by atoms with Crippen LogP contribution in [0.1, 0.15) is 53.3 Å². The van der Waals surface area contributed by atoms with Gasteiger partial charge in [0, 0.05) is 61.0 Å². The minimum atomic E-state index is -0.188. The van der Waals surface area contributed by atoms with Gasteiger partial charge in [0.1, 0.15) is 13.2 Å². The lowest BCUT2D eigenvalue weighted by molar-refractivity contribution is 0.0976. The molecule has 6 aromatic rings. The Kier molecular flexibility index (Phi) is 10.3. The van der Waals surface area contributed by atoms with Crippen LogP contribution in [-0.4, -0.2) is 70.3 Å². The average Bonchev–Trinajstić information content (AvgIpc) is 3.81. The molecule has 0 aliphatic carbocycles. The Hall–Kier alpha value is -7.60. The molecule has 4 aliphatic rings. The topological polar surface area (TPSA) is 122 Å².